The van der Waals surface area contributed by atoms with Gasteiger partial charge in [0.15, 0.2) is 0 Å². The molecule has 0 amide bonds. The normalized spacial score (nSPS) is 11.9. The van der Waals surface area contributed by atoms with Gasteiger partial charge >= 0.3 is 5.97 Å². The largest absolute Gasteiger partial charge is 0.433 e. The summed E-state index contributed by atoms with van der Waals surface area (Å²) in [7, 11) is 0. The van der Waals surface area contributed by atoms with Gasteiger partial charge in [0.25, 0.3) is 0 Å². The van der Waals surface area contributed by atoms with Crippen LogP contribution in [0.1, 0.15) is 102 Å². The van der Waals surface area contributed by atoms with Gasteiger partial charge in [-0.3, -0.25) is 4.79 Å². The number of hydrogen-bond donors (Lipinski definition) is 0. The molecule has 182 valence electrons. The van der Waals surface area contributed by atoms with E-state index < -0.39 is 3.42 Å². The summed E-state index contributed by atoms with van der Waals surface area (Å²) in [5, 5.41) is 0. The van der Waals surface area contributed by atoms with E-state index in [1.807, 2.05) is 12.1 Å². The van der Waals surface area contributed by atoms with Crippen molar-refractivity contribution in [2.45, 2.75) is 100 Å². The molecular weight excluding hydrogens is 732 g/mol. The van der Waals surface area contributed by atoms with Gasteiger partial charge in [-0.15, -0.1) is 0 Å². The number of benzene rings is 1. The van der Waals surface area contributed by atoms with Gasteiger partial charge in [0.1, 0.15) is 0 Å². The Hall–Kier alpha value is 0.830. The van der Waals surface area contributed by atoms with E-state index in [4.69, 9.17) is 4.74 Å². The molecule has 0 saturated heterocycles. The summed E-state index contributed by atoms with van der Waals surface area (Å²) in [6, 6.07) is 3.79. The Morgan fingerprint density at radius 2 is 1.34 bits per heavy atom. The Bertz CT molecular complexity index is 704. The molecule has 1 aromatic carbocycles. The number of carbonyl (C=O) groups is 1. The van der Waals surface area contributed by atoms with Crippen LogP contribution in [0.4, 0.5) is 0 Å². The maximum Gasteiger partial charge on any atom is 0.308 e. The molecule has 0 atom stereocenters. The monoisotopic (exact) mass is 762 g/mol. The Balaban J connectivity index is 2.10. The number of alkyl halides is 2. The van der Waals surface area contributed by atoms with Crippen LogP contribution >= 0.6 is 79.6 Å². The van der Waals surface area contributed by atoms with Crippen molar-refractivity contribution in [3.63, 3.8) is 0 Å². The zero-order valence-corrected chi connectivity index (χ0v) is 26.8. The van der Waals surface area contributed by atoms with Gasteiger partial charge in [-0.25, -0.2) is 0 Å². The van der Waals surface area contributed by atoms with Gasteiger partial charge in [-0.2, -0.15) is 0 Å². The summed E-state index contributed by atoms with van der Waals surface area (Å²) < 4.78 is 7.18. The summed E-state index contributed by atoms with van der Waals surface area (Å²) >= 11 is 17.5. The third-order valence-electron chi connectivity index (χ3n) is 5.23. The molecular formula is C25H35Br5O2. The van der Waals surface area contributed by atoms with Gasteiger partial charge in [0, 0.05) is 25.4 Å². The second-order valence-electron chi connectivity index (χ2n) is 8.05. The van der Waals surface area contributed by atoms with E-state index >= 15 is 0 Å². The first-order valence-corrected chi connectivity index (χ1v) is 15.6. The lowest BCUT2D eigenvalue weighted by Gasteiger charge is -2.23. The van der Waals surface area contributed by atoms with Crippen molar-refractivity contribution in [1.29, 1.82) is 0 Å². The molecule has 0 aliphatic rings. The van der Waals surface area contributed by atoms with Crippen LogP contribution in [-0.4, -0.2) is 5.97 Å². The maximum absolute atomic E-state index is 12.3. The van der Waals surface area contributed by atoms with E-state index in [2.05, 4.69) is 98.7 Å². The van der Waals surface area contributed by atoms with Crippen LogP contribution in [0.3, 0.4) is 0 Å². The standard InChI is InChI=1S/C25H35Br5O2/c1-2-3-4-5-6-7-8-9-10-11-12-13-14-15-16-17-22(31)32-25(29,30)20-18-19-21(26)24(28)23(20)27/h9-10,18-19H,2-8,11-17H2,1H3. The minimum atomic E-state index is -1.05. The van der Waals surface area contributed by atoms with Crippen LogP contribution in [0.2, 0.25) is 0 Å². The highest BCUT2D eigenvalue weighted by Gasteiger charge is 2.33. The fourth-order valence-electron chi connectivity index (χ4n) is 3.34. The van der Waals surface area contributed by atoms with Gasteiger partial charge in [0.2, 0.25) is 3.42 Å². The summed E-state index contributed by atoms with van der Waals surface area (Å²) in [6.07, 6.45) is 21.2. The predicted octanol–water partition coefficient (Wildman–Crippen LogP) is 11.5. The van der Waals surface area contributed by atoms with E-state index in [0.29, 0.717) is 6.42 Å². The van der Waals surface area contributed by atoms with E-state index in [0.717, 1.165) is 38.2 Å². The fraction of sp³-hybridized carbons (Fsp3) is 0.640. The average molecular weight is 767 g/mol. The third-order valence-corrected chi connectivity index (χ3v) is 9.78. The molecule has 0 aliphatic carbocycles. The lowest BCUT2D eigenvalue weighted by Crippen LogP contribution is -2.20. The van der Waals surface area contributed by atoms with Crippen molar-refractivity contribution in [3.8, 4) is 0 Å². The highest BCUT2D eigenvalue weighted by Crippen LogP contribution is 2.46. The van der Waals surface area contributed by atoms with E-state index in [1.54, 1.807) is 0 Å². The first-order chi connectivity index (χ1) is 15.3. The van der Waals surface area contributed by atoms with Crippen LogP contribution < -0.4 is 0 Å². The minimum Gasteiger partial charge on any atom is -0.433 e. The highest BCUT2D eigenvalue weighted by atomic mass is 79.9. The molecule has 0 spiro atoms. The Morgan fingerprint density at radius 1 is 0.812 bits per heavy atom. The van der Waals surface area contributed by atoms with Gasteiger partial charge < -0.3 is 4.74 Å². The molecule has 1 rings (SSSR count). The van der Waals surface area contributed by atoms with Crippen LogP contribution in [0.25, 0.3) is 0 Å². The fourth-order valence-corrected chi connectivity index (χ4v) is 6.46. The van der Waals surface area contributed by atoms with Crippen molar-refractivity contribution in [2.75, 3.05) is 0 Å². The number of hydrogen-bond acceptors (Lipinski definition) is 2. The number of unbranched alkanes of at least 4 members (excludes halogenated alkanes) is 11. The number of ether oxygens (including phenoxy) is 1. The summed E-state index contributed by atoms with van der Waals surface area (Å²) in [5.41, 5.74) is 0.783. The average Bonchev–Trinajstić information content (AvgIpc) is 2.74. The summed E-state index contributed by atoms with van der Waals surface area (Å²) in [5.74, 6) is -0.220. The Morgan fingerprint density at radius 3 is 1.94 bits per heavy atom. The molecule has 2 nitrogen and oxygen atoms in total. The zero-order chi connectivity index (χ0) is 23.8. The summed E-state index contributed by atoms with van der Waals surface area (Å²) in [6.45, 7) is 2.26. The van der Waals surface area contributed by atoms with Gasteiger partial charge in [-0.1, -0.05) is 76.5 Å². The predicted molar refractivity (Wildman–Crippen MR) is 155 cm³/mol. The van der Waals surface area contributed by atoms with Crippen molar-refractivity contribution in [3.05, 3.63) is 43.3 Å². The molecule has 7 heteroatoms. The number of halogens is 5. The molecule has 0 aliphatic heterocycles. The van der Waals surface area contributed by atoms with Gasteiger partial charge in [-0.05, 0) is 118 Å². The van der Waals surface area contributed by atoms with Gasteiger partial charge in [0.05, 0.1) is 0 Å². The number of esters is 1. The molecule has 0 N–H and O–H groups in total. The number of allylic oxidation sites excluding steroid dienone is 2. The molecule has 0 fully saturated rings. The number of rotatable bonds is 17. The SMILES string of the molecule is CCCCCCCCC=CCCCCCCCC(=O)OC(Br)(Br)c1ccc(Br)c(Br)c1Br. The van der Waals surface area contributed by atoms with E-state index in [-0.39, 0.29) is 5.97 Å². The van der Waals surface area contributed by atoms with Crippen molar-refractivity contribution < 1.29 is 9.53 Å². The quantitative estimate of drug-likeness (QED) is 0.0519. The molecule has 0 aromatic heterocycles. The summed E-state index contributed by atoms with van der Waals surface area (Å²) in [4.78, 5) is 12.3. The maximum atomic E-state index is 12.3. The van der Waals surface area contributed by atoms with Crippen LogP contribution in [0.15, 0.2) is 37.7 Å². The molecule has 32 heavy (non-hydrogen) atoms. The van der Waals surface area contributed by atoms with Crippen LogP contribution in [0, 0.1) is 0 Å². The molecule has 0 bridgehead atoms. The topological polar surface area (TPSA) is 26.3 Å². The Kier molecular flexibility index (Phi) is 17.5. The number of carbonyl (C=O) groups excluding carboxylic acids is 1. The second kappa shape index (κ2) is 18.1. The molecule has 0 unspecified atom stereocenters. The molecule has 0 saturated carbocycles. The lowest BCUT2D eigenvalue weighted by molar-refractivity contribution is -0.146. The lowest BCUT2D eigenvalue weighted by atomic mass is 10.1. The van der Waals surface area contributed by atoms with Crippen LogP contribution in [0.5, 0.6) is 0 Å². The van der Waals surface area contributed by atoms with Crippen molar-refractivity contribution in [1.82, 2.24) is 0 Å². The zero-order valence-electron chi connectivity index (χ0n) is 18.9. The minimum absolute atomic E-state index is 0.220. The first-order valence-electron chi connectivity index (χ1n) is 11.7. The van der Waals surface area contributed by atoms with Crippen LogP contribution in [-0.2, 0) is 13.0 Å². The van der Waals surface area contributed by atoms with E-state index in [1.165, 1.54) is 64.2 Å². The Labute approximate surface area is 236 Å². The molecule has 0 radical (unpaired) electrons. The highest BCUT2D eigenvalue weighted by molar-refractivity contribution is 9.24. The van der Waals surface area contributed by atoms with Crippen molar-refractivity contribution >= 4 is 85.6 Å². The smallest absolute Gasteiger partial charge is 0.308 e. The molecule has 0 heterocycles. The molecule has 1 aromatic rings. The third kappa shape index (κ3) is 13.1. The second-order valence-corrected chi connectivity index (χ2v) is 13.8. The van der Waals surface area contributed by atoms with Crippen molar-refractivity contribution in [2.24, 2.45) is 0 Å². The first kappa shape index (κ1) is 30.9. The van der Waals surface area contributed by atoms with E-state index in [9.17, 15) is 4.79 Å².